The Morgan fingerprint density at radius 1 is 1.41 bits per heavy atom. The second-order valence-corrected chi connectivity index (χ2v) is 4.88. The van der Waals surface area contributed by atoms with Gasteiger partial charge in [-0.3, -0.25) is 4.98 Å². The zero-order valence-electron chi connectivity index (χ0n) is 10.9. The number of nitrogens with one attached hydrogen (secondary N) is 1. The normalized spacial score (nSPS) is 17.4. The number of hydrogen-bond donors (Lipinski definition) is 1. The molecule has 0 amide bonds. The van der Waals surface area contributed by atoms with Crippen molar-refractivity contribution in [3.8, 4) is 0 Å². The molecule has 1 N–H and O–H groups in total. The van der Waals surface area contributed by atoms with Crippen molar-refractivity contribution in [1.82, 2.24) is 10.3 Å². The maximum atomic E-state index is 4.16. The van der Waals surface area contributed by atoms with Crippen molar-refractivity contribution in [2.24, 2.45) is 0 Å². The number of nitrogens with zero attached hydrogens (tertiary/aromatic N) is 2. The Kier molecular flexibility index (Phi) is 4.37. The van der Waals surface area contributed by atoms with Crippen LogP contribution in [0.25, 0.3) is 0 Å². The van der Waals surface area contributed by atoms with Gasteiger partial charge >= 0.3 is 0 Å². The van der Waals surface area contributed by atoms with Crippen LogP contribution >= 0.6 is 0 Å². The van der Waals surface area contributed by atoms with Crippen LogP contribution in [-0.2, 0) is 0 Å². The second-order valence-electron chi connectivity index (χ2n) is 4.88. The topological polar surface area (TPSA) is 28.2 Å². The molecular formula is C14H23N3. The number of hydrogen-bond acceptors (Lipinski definition) is 3. The molecule has 0 radical (unpaired) electrons. The first kappa shape index (κ1) is 12.4. The molecule has 1 aliphatic heterocycles. The van der Waals surface area contributed by atoms with Crippen LogP contribution in [-0.4, -0.2) is 30.7 Å². The van der Waals surface area contributed by atoms with Crippen LogP contribution in [0.4, 0.5) is 5.69 Å². The summed E-state index contributed by atoms with van der Waals surface area (Å²) in [7, 11) is 0. The lowest BCUT2D eigenvalue weighted by Gasteiger charge is -2.34. The van der Waals surface area contributed by atoms with E-state index in [9.17, 15) is 0 Å². The lowest BCUT2D eigenvalue weighted by molar-refractivity contribution is 0.415. The molecule has 0 bridgehead atoms. The average molecular weight is 233 g/mol. The van der Waals surface area contributed by atoms with Crippen molar-refractivity contribution in [2.45, 2.75) is 39.2 Å². The molecule has 0 aliphatic carbocycles. The molecule has 0 saturated carbocycles. The number of rotatable bonds is 4. The fraction of sp³-hybridized carbons (Fsp3) is 0.643. The Bertz CT molecular complexity index is 343. The van der Waals surface area contributed by atoms with Crippen molar-refractivity contribution in [1.29, 1.82) is 0 Å². The van der Waals surface area contributed by atoms with Gasteiger partial charge < -0.3 is 10.2 Å². The molecule has 1 aliphatic rings. The Morgan fingerprint density at radius 2 is 2.18 bits per heavy atom. The van der Waals surface area contributed by atoms with Crippen LogP contribution in [0.5, 0.6) is 0 Å². The molecule has 3 heteroatoms. The molecule has 3 nitrogen and oxygen atoms in total. The van der Waals surface area contributed by atoms with Gasteiger partial charge in [0, 0.05) is 37.2 Å². The van der Waals surface area contributed by atoms with Gasteiger partial charge in [-0.1, -0.05) is 6.92 Å². The predicted octanol–water partition coefficient (Wildman–Crippen LogP) is 2.36. The molecule has 1 aromatic rings. The molecule has 0 atom stereocenters. The summed E-state index contributed by atoms with van der Waals surface area (Å²) in [5.41, 5.74) is 2.64. The van der Waals surface area contributed by atoms with Gasteiger partial charge in [0.05, 0.1) is 0 Å². The van der Waals surface area contributed by atoms with Crippen molar-refractivity contribution in [3.05, 3.63) is 24.0 Å². The second kappa shape index (κ2) is 6.01. The van der Waals surface area contributed by atoms with Gasteiger partial charge in [0.15, 0.2) is 0 Å². The minimum absolute atomic E-state index is 0.716. The van der Waals surface area contributed by atoms with Crippen LogP contribution in [0.2, 0.25) is 0 Å². The average Bonchev–Trinajstić information content (AvgIpc) is 2.38. The Labute approximate surface area is 104 Å². The first-order valence-corrected chi connectivity index (χ1v) is 6.70. The highest BCUT2D eigenvalue weighted by Crippen LogP contribution is 2.22. The van der Waals surface area contributed by atoms with Crippen LogP contribution < -0.4 is 10.2 Å². The zero-order chi connectivity index (χ0) is 12.1. The van der Waals surface area contributed by atoms with Crippen molar-refractivity contribution in [3.63, 3.8) is 0 Å². The standard InChI is InChI=1S/C14H23N3/c1-3-7-16-13-5-9-17(10-6-13)14-4-8-15-11-12(14)2/h4,8,11,13,16H,3,5-7,9-10H2,1-2H3. The highest BCUT2D eigenvalue weighted by Gasteiger charge is 2.19. The molecule has 0 aromatic carbocycles. The van der Waals surface area contributed by atoms with Crippen molar-refractivity contribution in [2.75, 3.05) is 24.5 Å². The maximum Gasteiger partial charge on any atom is 0.0426 e. The fourth-order valence-corrected chi connectivity index (χ4v) is 2.49. The van der Waals surface area contributed by atoms with E-state index >= 15 is 0 Å². The Morgan fingerprint density at radius 3 is 2.82 bits per heavy atom. The number of anilines is 1. The first-order valence-electron chi connectivity index (χ1n) is 6.70. The number of aromatic nitrogens is 1. The highest BCUT2D eigenvalue weighted by atomic mass is 15.1. The van der Waals surface area contributed by atoms with Gasteiger partial charge in [-0.15, -0.1) is 0 Å². The monoisotopic (exact) mass is 233 g/mol. The van der Waals surface area contributed by atoms with Gasteiger partial charge in [-0.25, -0.2) is 0 Å². The number of aryl methyl sites for hydroxylation is 1. The summed E-state index contributed by atoms with van der Waals surface area (Å²) < 4.78 is 0. The molecule has 2 heterocycles. The SMILES string of the molecule is CCCNC1CCN(c2ccncc2C)CC1. The van der Waals surface area contributed by atoms with Gasteiger partial charge in [0.1, 0.15) is 0 Å². The quantitative estimate of drug-likeness (QED) is 0.865. The first-order chi connectivity index (χ1) is 8.31. The summed E-state index contributed by atoms with van der Waals surface area (Å²) in [5, 5.41) is 3.62. The van der Waals surface area contributed by atoms with Crippen LogP contribution in [0.3, 0.4) is 0 Å². The summed E-state index contributed by atoms with van der Waals surface area (Å²) in [6, 6.07) is 2.85. The summed E-state index contributed by atoms with van der Waals surface area (Å²) in [4.78, 5) is 6.64. The number of piperidine rings is 1. The molecular weight excluding hydrogens is 210 g/mol. The molecule has 94 valence electrons. The van der Waals surface area contributed by atoms with E-state index in [0.717, 1.165) is 19.6 Å². The van der Waals surface area contributed by atoms with Crippen molar-refractivity contribution >= 4 is 5.69 Å². The third kappa shape index (κ3) is 3.19. The molecule has 0 spiro atoms. The maximum absolute atomic E-state index is 4.16. The van der Waals surface area contributed by atoms with E-state index in [2.05, 4.69) is 35.1 Å². The van der Waals surface area contributed by atoms with E-state index in [-0.39, 0.29) is 0 Å². The largest absolute Gasteiger partial charge is 0.371 e. The Hall–Kier alpha value is -1.09. The molecule has 1 saturated heterocycles. The highest BCUT2D eigenvalue weighted by molar-refractivity contribution is 5.51. The van der Waals surface area contributed by atoms with Gasteiger partial charge in [0.2, 0.25) is 0 Å². The summed E-state index contributed by atoms with van der Waals surface area (Å²) in [6.07, 6.45) is 7.58. The van der Waals surface area contributed by atoms with Gasteiger partial charge in [-0.2, -0.15) is 0 Å². The third-order valence-corrected chi connectivity index (χ3v) is 3.51. The zero-order valence-corrected chi connectivity index (χ0v) is 10.9. The summed E-state index contributed by atoms with van der Waals surface area (Å²) >= 11 is 0. The molecule has 17 heavy (non-hydrogen) atoms. The molecule has 1 fully saturated rings. The van der Waals surface area contributed by atoms with E-state index in [1.807, 2.05) is 12.4 Å². The smallest absolute Gasteiger partial charge is 0.0426 e. The molecule has 2 rings (SSSR count). The van der Waals surface area contributed by atoms with E-state index in [4.69, 9.17) is 0 Å². The predicted molar refractivity (Wildman–Crippen MR) is 72.5 cm³/mol. The lowest BCUT2D eigenvalue weighted by atomic mass is 10.0. The fourth-order valence-electron chi connectivity index (χ4n) is 2.49. The summed E-state index contributed by atoms with van der Waals surface area (Å²) in [5.74, 6) is 0. The van der Waals surface area contributed by atoms with Crippen molar-refractivity contribution < 1.29 is 0 Å². The lowest BCUT2D eigenvalue weighted by Crippen LogP contribution is -2.43. The Balaban J connectivity index is 1.89. The van der Waals surface area contributed by atoms with E-state index < -0.39 is 0 Å². The van der Waals surface area contributed by atoms with Gasteiger partial charge in [0.25, 0.3) is 0 Å². The molecule has 1 aromatic heterocycles. The van der Waals surface area contributed by atoms with E-state index in [1.54, 1.807) is 0 Å². The van der Waals surface area contributed by atoms with Crippen LogP contribution in [0.15, 0.2) is 18.5 Å². The van der Waals surface area contributed by atoms with E-state index in [1.165, 1.54) is 30.5 Å². The molecule has 0 unspecified atom stereocenters. The minimum atomic E-state index is 0.716. The van der Waals surface area contributed by atoms with Crippen LogP contribution in [0, 0.1) is 6.92 Å². The van der Waals surface area contributed by atoms with Crippen LogP contribution in [0.1, 0.15) is 31.7 Å². The minimum Gasteiger partial charge on any atom is -0.371 e. The van der Waals surface area contributed by atoms with E-state index in [0.29, 0.717) is 6.04 Å². The summed E-state index contributed by atoms with van der Waals surface area (Å²) in [6.45, 7) is 7.84. The third-order valence-electron chi connectivity index (χ3n) is 3.51. The number of pyridine rings is 1. The van der Waals surface area contributed by atoms with Gasteiger partial charge in [-0.05, 0) is 44.4 Å².